The number of ether oxygens (including phenoxy) is 1. The molecule has 0 spiro atoms. The number of aromatic amines is 1. The summed E-state index contributed by atoms with van der Waals surface area (Å²) in [6, 6.07) is 23.8. The van der Waals surface area contributed by atoms with Crippen LogP contribution < -0.4 is 4.74 Å². The lowest BCUT2D eigenvalue weighted by Gasteiger charge is -2.20. The number of hydrogen-bond donors (Lipinski definition) is 1. The van der Waals surface area contributed by atoms with Gasteiger partial charge in [0.2, 0.25) is 5.91 Å². The number of H-pyrrole nitrogens is 1. The minimum Gasteiger partial charge on any atom is -0.494 e. The molecule has 1 N–H and O–H groups in total. The molecular weight excluding hydrogens is 494 g/mol. The largest absolute Gasteiger partial charge is 0.494 e. The highest BCUT2D eigenvalue weighted by Crippen LogP contribution is 2.38. The van der Waals surface area contributed by atoms with Crippen molar-refractivity contribution in [3.63, 3.8) is 0 Å². The third-order valence-electron chi connectivity index (χ3n) is 7.17. The van der Waals surface area contributed by atoms with E-state index in [1.165, 1.54) is 33.4 Å². The molecule has 0 unspecified atom stereocenters. The Kier molecular flexibility index (Phi) is 9.96. The van der Waals surface area contributed by atoms with Crippen LogP contribution in [0.25, 0.3) is 22.0 Å². The van der Waals surface area contributed by atoms with E-state index in [1.54, 1.807) is 25.1 Å². The van der Waals surface area contributed by atoms with Crippen molar-refractivity contribution >= 4 is 28.0 Å². The number of amides is 1. The number of hydrogen-bond acceptors (Lipinski definition) is 3. The number of carbonyl (C=O) groups excluding carboxylic acids is 1. The normalized spacial score (nSPS) is 12.2. The van der Waals surface area contributed by atoms with Crippen molar-refractivity contribution in [1.29, 1.82) is 0 Å². The van der Waals surface area contributed by atoms with E-state index in [-0.39, 0.29) is 5.91 Å². The third kappa shape index (κ3) is 7.09. The van der Waals surface area contributed by atoms with Gasteiger partial charge in [0.1, 0.15) is 5.75 Å². The van der Waals surface area contributed by atoms with Gasteiger partial charge in [0, 0.05) is 19.5 Å². The van der Waals surface area contributed by atoms with Crippen molar-refractivity contribution < 1.29 is 9.53 Å². The molecule has 1 heterocycles. The monoisotopic (exact) mass is 535 g/mol. The van der Waals surface area contributed by atoms with Gasteiger partial charge in [-0.05, 0) is 95.3 Å². The molecule has 1 amide bonds. The number of carbonyl (C=O) groups is 1. The second kappa shape index (κ2) is 13.8. The molecule has 208 valence electrons. The Morgan fingerprint density at radius 2 is 1.75 bits per heavy atom. The van der Waals surface area contributed by atoms with Crippen LogP contribution in [-0.2, 0) is 4.79 Å². The van der Waals surface area contributed by atoms with Crippen LogP contribution in [0.5, 0.6) is 5.75 Å². The Bertz CT molecular complexity index is 1480. The molecule has 0 aliphatic heterocycles. The lowest BCUT2D eigenvalue weighted by atomic mass is 9.84. The highest BCUT2D eigenvalue weighted by molar-refractivity contribution is 6.01. The van der Waals surface area contributed by atoms with Gasteiger partial charge in [-0.2, -0.15) is 5.10 Å². The summed E-state index contributed by atoms with van der Waals surface area (Å²) in [4.78, 5) is 13.2. The van der Waals surface area contributed by atoms with E-state index in [0.717, 1.165) is 42.3 Å². The van der Waals surface area contributed by atoms with Crippen molar-refractivity contribution in [2.24, 2.45) is 0 Å². The molecular formula is C35H41N3O2. The predicted molar refractivity (Wildman–Crippen MR) is 166 cm³/mol. The number of allylic oxidation sites excluding steroid dienone is 2. The molecule has 5 heteroatoms. The van der Waals surface area contributed by atoms with E-state index in [1.807, 2.05) is 12.3 Å². The predicted octanol–water partition coefficient (Wildman–Crippen LogP) is 8.25. The average Bonchev–Trinajstić information content (AvgIpc) is 3.43. The van der Waals surface area contributed by atoms with Crippen molar-refractivity contribution in [2.45, 2.75) is 52.4 Å². The molecule has 40 heavy (non-hydrogen) atoms. The first-order valence-corrected chi connectivity index (χ1v) is 14.3. The molecule has 4 aromatic rings. The molecule has 0 saturated heterocycles. The number of unbranched alkanes of at least 4 members (excludes halogenated alkanes) is 2. The van der Waals surface area contributed by atoms with Crippen molar-refractivity contribution in [3.05, 3.63) is 107 Å². The molecule has 1 aromatic heterocycles. The fraction of sp³-hybridized carbons (Fsp3) is 0.314. The quantitative estimate of drug-likeness (QED) is 0.113. The van der Waals surface area contributed by atoms with Gasteiger partial charge in [0.25, 0.3) is 0 Å². The third-order valence-corrected chi connectivity index (χ3v) is 7.17. The molecule has 5 nitrogen and oxygen atoms in total. The van der Waals surface area contributed by atoms with Crippen LogP contribution in [0.3, 0.4) is 0 Å². The Balaban J connectivity index is 1.58. The average molecular weight is 536 g/mol. The number of nitrogens with one attached hydrogen (secondary N) is 1. The van der Waals surface area contributed by atoms with Crippen LogP contribution in [0, 0.1) is 0 Å². The molecule has 0 radical (unpaired) electrons. The maximum Gasteiger partial charge on any atom is 0.245 e. The van der Waals surface area contributed by atoms with E-state index in [2.05, 4.69) is 97.7 Å². The fourth-order valence-corrected chi connectivity index (χ4v) is 5.00. The maximum absolute atomic E-state index is 11.6. The minimum atomic E-state index is 0.0216. The zero-order chi connectivity index (χ0) is 28.5. The van der Waals surface area contributed by atoms with Gasteiger partial charge in [-0.1, -0.05) is 69.3 Å². The summed E-state index contributed by atoms with van der Waals surface area (Å²) in [5.41, 5.74) is 8.63. The van der Waals surface area contributed by atoms with Gasteiger partial charge in [0.15, 0.2) is 0 Å². The molecule has 0 aliphatic rings. The second-order valence-corrected chi connectivity index (χ2v) is 10.6. The fourth-order valence-electron chi connectivity index (χ4n) is 5.00. The van der Waals surface area contributed by atoms with Gasteiger partial charge in [-0.25, -0.2) is 0 Å². The molecule has 3 aromatic carbocycles. The Hall–Kier alpha value is -4.12. The topological polar surface area (TPSA) is 58.2 Å². The first-order chi connectivity index (χ1) is 19.4. The lowest BCUT2D eigenvalue weighted by Crippen LogP contribution is -2.18. The molecule has 0 fully saturated rings. The first kappa shape index (κ1) is 28.9. The zero-order valence-corrected chi connectivity index (χ0v) is 24.4. The van der Waals surface area contributed by atoms with Crippen molar-refractivity contribution in [3.8, 4) is 5.75 Å². The summed E-state index contributed by atoms with van der Waals surface area (Å²) in [5, 5.41) is 8.41. The number of fused-ring (bicyclic) bond motifs is 1. The van der Waals surface area contributed by atoms with E-state index >= 15 is 0 Å². The molecule has 0 bridgehead atoms. The van der Waals surface area contributed by atoms with E-state index in [4.69, 9.17) is 4.74 Å². The summed E-state index contributed by atoms with van der Waals surface area (Å²) in [6.45, 7) is 7.41. The SMILES string of the molecule is CC/C(=C(/c1ccc(OCCCC/C=C/C(=O)N(C)C)cc1)c1ccc2[nH]ncc2c1)c1ccccc1C(C)C. The van der Waals surface area contributed by atoms with Crippen LogP contribution in [0.4, 0.5) is 0 Å². The van der Waals surface area contributed by atoms with E-state index in [0.29, 0.717) is 12.5 Å². The Morgan fingerprint density at radius 3 is 2.48 bits per heavy atom. The second-order valence-electron chi connectivity index (χ2n) is 10.6. The summed E-state index contributed by atoms with van der Waals surface area (Å²) in [7, 11) is 3.52. The van der Waals surface area contributed by atoms with Crippen molar-refractivity contribution in [1.82, 2.24) is 15.1 Å². The summed E-state index contributed by atoms with van der Waals surface area (Å²) >= 11 is 0. The van der Waals surface area contributed by atoms with Gasteiger partial charge in [-0.15, -0.1) is 0 Å². The molecule has 4 rings (SSSR count). The Labute approximate surface area is 238 Å². The highest BCUT2D eigenvalue weighted by Gasteiger charge is 2.17. The number of aromatic nitrogens is 2. The zero-order valence-electron chi connectivity index (χ0n) is 24.4. The highest BCUT2D eigenvalue weighted by atomic mass is 16.5. The molecule has 0 aliphatic carbocycles. The first-order valence-electron chi connectivity index (χ1n) is 14.3. The van der Waals surface area contributed by atoms with Crippen molar-refractivity contribution in [2.75, 3.05) is 20.7 Å². The van der Waals surface area contributed by atoms with Crippen LogP contribution in [0.15, 0.2) is 85.1 Å². The van der Waals surface area contributed by atoms with Gasteiger partial charge < -0.3 is 9.64 Å². The van der Waals surface area contributed by atoms with Crippen LogP contribution >= 0.6 is 0 Å². The number of rotatable bonds is 12. The summed E-state index contributed by atoms with van der Waals surface area (Å²) in [6.07, 6.45) is 9.16. The van der Waals surface area contributed by atoms with Gasteiger partial charge >= 0.3 is 0 Å². The number of nitrogens with zero attached hydrogens (tertiary/aromatic N) is 2. The van der Waals surface area contributed by atoms with Crippen LogP contribution in [0.1, 0.15) is 74.6 Å². The maximum atomic E-state index is 11.6. The summed E-state index contributed by atoms with van der Waals surface area (Å²) < 4.78 is 6.05. The van der Waals surface area contributed by atoms with Crippen LogP contribution in [0.2, 0.25) is 0 Å². The van der Waals surface area contributed by atoms with E-state index < -0.39 is 0 Å². The smallest absolute Gasteiger partial charge is 0.245 e. The van der Waals surface area contributed by atoms with Crippen LogP contribution in [-0.4, -0.2) is 41.7 Å². The molecule has 0 atom stereocenters. The standard InChI is InChI=1S/C35H41N3O2/c1-6-30(32-14-11-10-13-31(32)25(2)3)35(27-18-21-33-28(23-27)24-36-37-33)26-16-19-29(20-17-26)40-22-12-8-7-9-15-34(39)38(4)5/h9-11,13-21,23-25H,6-8,12,22H2,1-5H3,(H,36,37)/b15-9+,35-30+. The van der Waals surface area contributed by atoms with Gasteiger partial charge in [0.05, 0.1) is 18.3 Å². The number of benzene rings is 3. The number of likely N-dealkylation sites (N-methyl/N-ethyl adjacent to an activating group) is 1. The summed E-state index contributed by atoms with van der Waals surface area (Å²) in [5.74, 6) is 1.32. The molecule has 0 saturated carbocycles. The Morgan fingerprint density at radius 1 is 1.00 bits per heavy atom. The lowest BCUT2D eigenvalue weighted by molar-refractivity contribution is -0.123. The minimum absolute atomic E-state index is 0.0216. The van der Waals surface area contributed by atoms with Gasteiger partial charge in [-0.3, -0.25) is 9.89 Å². The van der Waals surface area contributed by atoms with E-state index in [9.17, 15) is 4.79 Å².